The Morgan fingerprint density at radius 2 is 2.10 bits per heavy atom. The largest absolute Gasteiger partial charge is 0.497 e. The van der Waals surface area contributed by atoms with Gasteiger partial charge >= 0.3 is 0 Å². The van der Waals surface area contributed by atoms with Crippen LogP contribution in [0.3, 0.4) is 0 Å². The second kappa shape index (κ2) is 7.42. The number of amides is 2. The highest BCUT2D eigenvalue weighted by atomic mass is 19.1. The second-order valence-corrected chi connectivity index (χ2v) is 6.67. The first kappa shape index (κ1) is 18.7. The van der Waals surface area contributed by atoms with Gasteiger partial charge < -0.3 is 14.8 Å². The highest BCUT2D eigenvalue weighted by Crippen LogP contribution is 2.33. The van der Waals surface area contributed by atoms with E-state index in [0.717, 1.165) is 0 Å². The molecule has 1 aliphatic rings. The van der Waals surface area contributed by atoms with Crippen molar-refractivity contribution in [2.75, 3.05) is 31.0 Å². The Morgan fingerprint density at radius 3 is 2.86 bits per heavy atom. The monoisotopic (exact) mass is 398 g/mol. The summed E-state index contributed by atoms with van der Waals surface area (Å²) >= 11 is 0. The van der Waals surface area contributed by atoms with E-state index >= 15 is 0 Å². The molecule has 8 nitrogen and oxygen atoms in total. The fourth-order valence-corrected chi connectivity index (χ4v) is 3.44. The summed E-state index contributed by atoms with van der Waals surface area (Å²) in [5, 5.41) is 9.83. The number of ether oxygens (including phenoxy) is 2. The molecule has 1 fully saturated rings. The van der Waals surface area contributed by atoms with E-state index in [0.29, 0.717) is 22.7 Å². The first-order valence-electron chi connectivity index (χ1n) is 8.97. The lowest BCUT2D eigenvalue weighted by atomic mass is 10.1. The molecule has 0 unspecified atom stereocenters. The van der Waals surface area contributed by atoms with E-state index in [1.54, 1.807) is 30.3 Å². The molecule has 9 heteroatoms. The van der Waals surface area contributed by atoms with Gasteiger partial charge in [-0.05, 0) is 24.3 Å². The van der Waals surface area contributed by atoms with Gasteiger partial charge in [0.15, 0.2) is 5.82 Å². The van der Waals surface area contributed by atoms with Gasteiger partial charge in [0, 0.05) is 19.0 Å². The Hall–Kier alpha value is -3.62. The van der Waals surface area contributed by atoms with Gasteiger partial charge in [0.05, 0.1) is 36.7 Å². The van der Waals surface area contributed by atoms with Crippen LogP contribution in [0.5, 0.6) is 11.5 Å². The SMILES string of the molecule is COc1ccc(OC)c(NC(=O)[C@@H]2CC(=O)N(c3n[nH]c4cccc(F)c34)C2)c1. The van der Waals surface area contributed by atoms with E-state index in [9.17, 15) is 14.0 Å². The van der Waals surface area contributed by atoms with E-state index < -0.39 is 11.7 Å². The van der Waals surface area contributed by atoms with Gasteiger partial charge in [-0.15, -0.1) is 0 Å². The standard InChI is InChI=1S/C20H19FN4O4/c1-28-12-6-7-16(29-2)15(9-12)22-20(27)11-8-17(26)25(10-11)19-18-13(21)4-3-5-14(18)23-24-19/h3-7,9,11H,8,10H2,1-2H3,(H,22,27)(H,23,24)/t11-/m1/s1. The predicted molar refractivity (Wildman–Crippen MR) is 105 cm³/mol. The molecule has 0 radical (unpaired) electrons. The summed E-state index contributed by atoms with van der Waals surface area (Å²) in [5.41, 5.74) is 0.931. The number of nitrogens with one attached hydrogen (secondary N) is 2. The third-order valence-electron chi connectivity index (χ3n) is 4.94. The van der Waals surface area contributed by atoms with Crippen LogP contribution < -0.4 is 19.7 Å². The van der Waals surface area contributed by atoms with E-state index in [4.69, 9.17) is 9.47 Å². The minimum absolute atomic E-state index is 0.000916. The van der Waals surface area contributed by atoms with Crippen LogP contribution in [0.4, 0.5) is 15.9 Å². The smallest absolute Gasteiger partial charge is 0.229 e. The molecule has 2 heterocycles. The van der Waals surface area contributed by atoms with Crippen molar-refractivity contribution in [3.63, 3.8) is 0 Å². The molecule has 2 amide bonds. The lowest BCUT2D eigenvalue weighted by Crippen LogP contribution is -2.28. The number of fused-ring (bicyclic) bond motifs is 1. The van der Waals surface area contributed by atoms with Crippen molar-refractivity contribution in [2.24, 2.45) is 5.92 Å². The van der Waals surface area contributed by atoms with Crippen molar-refractivity contribution in [2.45, 2.75) is 6.42 Å². The van der Waals surface area contributed by atoms with Crippen molar-refractivity contribution in [1.29, 1.82) is 0 Å². The molecular weight excluding hydrogens is 379 g/mol. The van der Waals surface area contributed by atoms with Crippen molar-refractivity contribution in [3.05, 3.63) is 42.2 Å². The van der Waals surface area contributed by atoms with Crippen LogP contribution in [0.2, 0.25) is 0 Å². The van der Waals surface area contributed by atoms with E-state index in [-0.39, 0.29) is 36.0 Å². The molecule has 1 aromatic heterocycles. The summed E-state index contributed by atoms with van der Waals surface area (Å²) in [6.45, 7) is 0.102. The highest BCUT2D eigenvalue weighted by Gasteiger charge is 2.37. The Labute approximate surface area is 165 Å². The zero-order chi connectivity index (χ0) is 20.5. The van der Waals surface area contributed by atoms with Gasteiger partial charge in [0.25, 0.3) is 0 Å². The van der Waals surface area contributed by atoms with E-state index in [1.807, 2.05) is 0 Å². The number of aromatic amines is 1. The van der Waals surface area contributed by atoms with Crippen molar-refractivity contribution < 1.29 is 23.5 Å². The fourth-order valence-electron chi connectivity index (χ4n) is 3.44. The summed E-state index contributed by atoms with van der Waals surface area (Å²) in [6.07, 6.45) is 0.000916. The lowest BCUT2D eigenvalue weighted by molar-refractivity contribution is -0.122. The molecule has 0 bridgehead atoms. The number of hydrogen-bond acceptors (Lipinski definition) is 5. The Bertz CT molecular complexity index is 1100. The average molecular weight is 398 g/mol. The molecule has 0 spiro atoms. The van der Waals surface area contributed by atoms with E-state index in [1.165, 1.54) is 25.2 Å². The van der Waals surface area contributed by atoms with Crippen molar-refractivity contribution in [3.8, 4) is 11.5 Å². The molecule has 29 heavy (non-hydrogen) atoms. The number of H-pyrrole nitrogens is 1. The molecule has 150 valence electrons. The molecule has 0 aliphatic carbocycles. The minimum atomic E-state index is -0.614. The van der Waals surface area contributed by atoms with Crippen LogP contribution in [-0.4, -0.2) is 42.8 Å². The summed E-state index contributed by atoms with van der Waals surface area (Å²) in [4.78, 5) is 26.7. The number of methoxy groups -OCH3 is 2. The lowest BCUT2D eigenvalue weighted by Gasteiger charge is -2.16. The number of aromatic nitrogens is 2. The molecule has 3 aromatic rings. The number of benzene rings is 2. The van der Waals surface area contributed by atoms with Crippen molar-refractivity contribution in [1.82, 2.24) is 10.2 Å². The summed E-state index contributed by atoms with van der Waals surface area (Å²) in [5.74, 6) is -0.501. The first-order valence-corrected chi connectivity index (χ1v) is 8.97. The average Bonchev–Trinajstić information content (AvgIpc) is 3.32. The molecule has 2 N–H and O–H groups in total. The number of hydrogen-bond donors (Lipinski definition) is 2. The molecule has 4 rings (SSSR count). The predicted octanol–water partition coefficient (Wildman–Crippen LogP) is 2.71. The third-order valence-corrected chi connectivity index (χ3v) is 4.94. The summed E-state index contributed by atoms with van der Waals surface area (Å²) in [6, 6.07) is 9.58. The van der Waals surface area contributed by atoms with Crippen molar-refractivity contribution >= 4 is 34.2 Å². The number of carbonyl (C=O) groups excluding carboxylic acids is 2. The molecule has 1 aliphatic heterocycles. The number of halogens is 1. The summed E-state index contributed by atoms with van der Waals surface area (Å²) < 4.78 is 24.7. The maximum absolute atomic E-state index is 14.3. The molecule has 0 saturated carbocycles. The van der Waals surface area contributed by atoms with Crippen LogP contribution in [0.25, 0.3) is 10.9 Å². The normalized spacial score (nSPS) is 16.3. The number of carbonyl (C=O) groups is 2. The van der Waals surface area contributed by atoms with Gasteiger partial charge in [0.1, 0.15) is 17.3 Å². The third kappa shape index (κ3) is 3.35. The van der Waals surface area contributed by atoms with Crippen LogP contribution in [0.1, 0.15) is 6.42 Å². The Kier molecular flexibility index (Phi) is 4.79. The topological polar surface area (TPSA) is 96.5 Å². The fraction of sp³-hybridized carbons (Fsp3) is 0.250. The Balaban J connectivity index is 1.56. The minimum Gasteiger partial charge on any atom is -0.497 e. The quantitative estimate of drug-likeness (QED) is 0.689. The first-order chi connectivity index (χ1) is 14.0. The number of rotatable bonds is 5. The van der Waals surface area contributed by atoms with Gasteiger partial charge in [0.2, 0.25) is 11.8 Å². The van der Waals surface area contributed by atoms with Crippen LogP contribution in [0, 0.1) is 11.7 Å². The van der Waals surface area contributed by atoms with Gasteiger partial charge in [-0.2, -0.15) is 5.10 Å². The molecule has 2 aromatic carbocycles. The second-order valence-electron chi connectivity index (χ2n) is 6.67. The number of anilines is 2. The van der Waals surface area contributed by atoms with Crippen LogP contribution >= 0.6 is 0 Å². The zero-order valence-corrected chi connectivity index (χ0v) is 15.9. The maximum atomic E-state index is 14.3. The molecule has 1 atom stereocenters. The van der Waals surface area contributed by atoms with Gasteiger partial charge in [-0.1, -0.05) is 6.07 Å². The van der Waals surface area contributed by atoms with Crippen LogP contribution in [0.15, 0.2) is 36.4 Å². The molecule has 1 saturated heterocycles. The highest BCUT2D eigenvalue weighted by molar-refractivity contribution is 6.07. The maximum Gasteiger partial charge on any atom is 0.229 e. The van der Waals surface area contributed by atoms with Gasteiger partial charge in [-0.25, -0.2) is 4.39 Å². The summed E-state index contributed by atoms with van der Waals surface area (Å²) in [7, 11) is 3.02. The zero-order valence-electron chi connectivity index (χ0n) is 15.9. The van der Waals surface area contributed by atoms with E-state index in [2.05, 4.69) is 15.5 Å². The van der Waals surface area contributed by atoms with Gasteiger partial charge in [-0.3, -0.25) is 19.6 Å². The van der Waals surface area contributed by atoms with Crippen LogP contribution in [-0.2, 0) is 9.59 Å². The number of nitrogens with zero attached hydrogens (tertiary/aromatic N) is 2. The Morgan fingerprint density at radius 1 is 1.28 bits per heavy atom. The molecular formula is C20H19FN4O4.